The van der Waals surface area contributed by atoms with Crippen molar-refractivity contribution in [2.75, 3.05) is 12.8 Å². The molecule has 0 amide bonds. The number of carboxylic acid groups (broad SMARTS) is 1. The standard InChI is InChI=1S/C11H15NO3/c1-7(11(13)14)5-8-6-9(15-2)3-4-10(8)12/h3-4,6-7H,5,12H2,1-2H3,(H,13,14). The largest absolute Gasteiger partial charge is 0.497 e. The highest BCUT2D eigenvalue weighted by atomic mass is 16.5. The van der Waals surface area contributed by atoms with Crippen molar-refractivity contribution in [2.24, 2.45) is 5.92 Å². The van der Waals surface area contributed by atoms with Crippen LogP contribution in [0.4, 0.5) is 5.69 Å². The molecule has 0 saturated heterocycles. The predicted molar refractivity (Wildman–Crippen MR) is 57.9 cm³/mol. The van der Waals surface area contributed by atoms with Crippen LogP contribution in [-0.4, -0.2) is 18.2 Å². The van der Waals surface area contributed by atoms with E-state index in [-0.39, 0.29) is 0 Å². The molecule has 1 aromatic carbocycles. The molecular weight excluding hydrogens is 194 g/mol. The van der Waals surface area contributed by atoms with Gasteiger partial charge >= 0.3 is 5.97 Å². The average molecular weight is 209 g/mol. The van der Waals surface area contributed by atoms with E-state index in [2.05, 4.69) is 0 Å². The fourth-order valence-electron chi connectivity index (χ4n) is 1.30. The van der Waals surface area contributed by atoms with Gasteiger partial charge in [0.1, 0.15) is 5.75 Å². The van der Waals surface area contributed by atoms with E-state index in [1.807, 2.05) is 0 Å². The van der Waals surface area contributed by atoms with Gasteiger partial charge in [0.05, 0.1) is 13.0 Å². The Morgan fingerprint density at radius 1 is 1.60 bits per heavy atom. The quantitative estimate of drug-likeness (QED) is 0.738. The smallest absolute Gasteiger partial charge is 0.306 e. The normalized spacial score (nSPS) is 12.1. The fraction of sp³-hybridized carbons (Fsp3) is 0.364. The molecule has 1 rings (SSSR count). The molecule has 4 heteroatoms. The molecule has 15 heavy (non-hydrogen) atoms. The molecule has 1 unspecified atom stereocenters. The van der Waals surface area contributed by atoms with Crippen LogP contribution in [0.1, 0.15) is 12.5 Å². The van der Waals surface area contributed by atoms with E-state index in [0.29, 0.717) is 17.9 Å². The van der Waals surface area contributed by atoms with Crippen molar-refractivity contribution in [3.8, 4) is 5.75 Å². The van der Waals surface area contributed by atoms with E-state index in [1.165, 1.54) is 0 Å². The summed E-state index contributed by atoms with van der Waals surface area (Å²) in [6.45, 7) is 1.65. The molecule has 0 aliphatic carbocycles. The minimum atomic E-state index is -0.822. The number of anilines is 1. The summed E-state index contributed by atoms with van der Waals surface area (Å²) in [6.07, 6.45) is 0.415. The highest BCUT2D eigenvalue weighted by molar-refractivity contribution is 5.70. The summed E-state index contributed by atoms with van der Waals surface area (Å²) in [5.74, 6) is -0.576. The van der Waals surface area contributed by atoms with Gasteiger partial charge in [-0.15, -0.1) is 0 Å². The number of aliphatic carboxylic acids is 1. The van der Waals surface area contributed by atoms with Gasteiger partial charge in [-0.3, -0.25) is 4.79 Å². The van der Waals surface area contributed by atoms with Crippen molar-refractivity contribution in [3.05, 3.63) is 23.8 Å². The maximum absolute atomic E-state index is 10.7. The van der Waals surface area contributed by atoms with Gasteiger partial charge in [0.25, 0.3) is 0 Å². The first-order valence-electron chi connectivity index (χ1n) is 4.69. The van der Waals surface area contributed by atoms with Gasteiger partial charge in [-0.25, -0.2) is 0 Å². The molecule has 1 atom stereocenters. The fourth-order valence-corrected chi connectivity index (χ4v) is 1.30. The number of hydrogen-bond acceptors (Lipinski definition) is 3. The van der Waals surface area contributed by atoms with E-state index >= 15 is 0 Å². The van der Waals surface area contributed by atoms with Crippen molar-refractivity contribution in [1.82, 2.24) is 0 Å². The molecule has 0 radical (unpaired) electrons. The Morgan fingerprint density at radius 3 is 2.80 bits per heavy atom. The van der Waals surface area contributed by atoms with E-state index in [0.717, 1.165) is 5.56 Å². The molecule has 0 aliphatic rings. The summed E-state index contributed by atoms with van der Waals surface area (Å²) < 4.78 is 5.05. The number of rotatable bonds is 4. The molecule has 0 aromatic heterocycles. The number of methoxy groups -OCH3 is 1. The average Bonchev–Trinajstić information content (AvgIpc) is 2.21. The first-order chi connectivity index (χ1) is 7.04. The summed E-state index contributed by atoms with van der Waals surface area (Å²) in [7, 11) is 1.57. The van der Waals surface area contributed by atoms with Crippen LogP contribution in [0.2, 0.25) is 0 Å². The maximum atomic E-state index is 10.7. The number of carbonyl (C=O) groups is 1. The van der Waals surface area contributed by atoms with Gasteiger partial charge < -0.3 is 15.6 Å². The lowest BCUT2D eigenvalue weighted by Gasteiger charge is -2.10. The zero-order valence-electron chi connectivity index (χ0n) is 8.86. The van der Waals surface area contributed by atoms with E-state index in [9.17, 15) is 4.79 Å². The van der Waals surface area contributed by atoms with Crippen molar-refractivity contribution >= 4 is 11.7 Å². The Hall–Kier alpha value is -1.71. The predicted octanol–water partition coefficient (Wildman–Crippen LogP) is 1.54. The topological polar surface area (TPSA) is 72.5 Å². The molecule has 3 N–H and O–H groups in total. The highest BCUT2D eigenvalue weighted by Gasteiger charge is 2.13. The zero-order chi connectivity index (χ0) is 11.4. The minimum absolute atomic E-state index is 0.415. The van der Waals surface area contributed by atoms with Crippen molar-refractivity contribution in [3.63, 3.8) is 0 Å². The van der Waals surface area contributed by atoms with Gasteiger partial charge in [0.15, 0.2) is 0 Å². The molecular formula is C11H15NO3. The molecule has 0 heterocycles. The molecule has 0 fully saturated rings. The third kappa shape index (κ3) is 2.87. The Morgan fingerprint density at radius 2 is 2.27 bits per heavy atom. The SMILES string of the molecule is COc1ccc(N)c(CC(C)C(=O)O)c1. The van der Waals surface area contributed by atoms with Crippen molar-refractivity contribution in [2.45, 2.75) is 13.3 Å². The van der Waals surface area contributed by atoms with E-state index in [1.54, 1.807) is 32.2 Å². The van der Waals surface area contributed by atoms with Gasteiger partial charge in [-0.2, -0.15) is 0 Å². The Kier molecular flexibility index (Phi) is 3.55. The first kappa shape index (κ1) is 11.4. The number of carboxylic acids is 1. The summed E-state index contributed by atoms with van der Waals surface area (Å²) in [5, 5.41) is 8.79. The number of nitrogens with two attached hydrogens (primary N) is 1. The lowest BCUT2D eigenvalue weighted by atomic mass is 10.00. The molecule has 0 aliphatic heterocycles. The molecule has 0 spiro atoms. The first-order valence-corrected chi connectivity index (χ1v) is 4.69. The third-order valence-corrected chi connectivity index (χ3v) is 2.30. The number of hydrogen-bond donors (Lipinski definition) is 2. The molecule has 0 bridgehead atoms. The van der Waals surface area contributed by atoms with Crippen LogP contribution in [0.3, 0.4) is 0 Å². The van der Waals surface area contributed by atoms with Crippen LogP contribution in [0.25, 0.3) is 0 Å². The summed E-state index contributed by atoms with van der Waals surface area (Å²) >= 11 is 0. The molecule has 0 saturated carbocycles. The Balaban J connectivity index is 2.88. The second-order valence-corrected chi connectivity index (χ2v) is 3.51. The number of ether oxygens (including phenoxy) is 1. The monoisotopic (exact) mass is 209 g/mol. The van der Waals surface area contributed by atoms with Crippen molar-refractivity contribution < 1.29 is 14.6 Å². The second-order valence-electron chi connectivity index (χ2n) is 3.51. The Bertz CT molecular complexity index is 363. The summed E-state index contributed by atoms with van der Waals surface area (Å²) in [6, 6.07) is 5.25. The van der Waals surface area contributed by atoms with Crippen LogP contribution in [0.5, 0.6) is 5.75 Å². The highest BCUT2D eigenvalue weighted by Crippen LogP contribution is 2.22. The van der Waals surface area contributed by atoms with Crippen LogP contribution >= 0.6 is 0 Å². The molecule has 82 valence electrons. The lowest BCUT2D eigenvalue weighted by molar-refractivity contribution is -0.141. The van der Waals surface area contributed by atoms with Crippen LogP contribution in [0.15, 0.2) is 18.2 Å². The van der Waals surface area contributed by atoms with Gasteiger partial charge in [0.2, 0.25) is 0 Å². The van der Waals surface area contributed by atoms with E-state index in [4.69, 9.17) is 15.6 Å². The number of benzene rings is 1. The Labute approximate surface area is 88.7 Å². The number of nitrogen functional groups attached to an aromatic ring is 1. The van der Waals surface area contributed by atoms with Crippen molar-refractivity contribution in [1.29, 1.82) is 0 Å². The van der Waals surface area contributed by atoms with Crippen LogP contribution < -0.4 is 10.5 Å². The molecule has 4 nitrogen and oxygen atoms in total. The summed E-state index contributed by atoms with van der Waals surface area (Å²) in [5.41, 5.74) is 7.15. The minimum Gasteiger partial charge on any atom is -0.497 e. The van der Waals surface area contributed by atoms with Gasteiger partial charge in [-0.1, -0.05) is 6.92 Å². The second kappa shape index (κ2) is 4.68. The van der Waals surface area contributed by atoms with E-state index < -0.39 is 11.9 Å². The van der Waals surface area contributed by atoms with Crippen LogP contribution in [0, 0.1) is 5.92 Å². The van der Waals surface area contributed by atoms with Gasteiger partial charge in [0, 0.05) is 5.69 Å². The lowest BCUT2D eigenvalue weighted by Crippen LogP contribution is -2.13. The summed E-state index contributed by atoms with van der Waals surface area (Å²) in [4.78, 5) is 10.7. The van der Waals surface area contributed by atoms with Crippen LogP contribution in [-0.2, 0) is 11.2 Å². The zero-order valence-corrected chi connectivity index (χ0v) is 8.86. The van der Waals surface area contributed by atoms with Gasteiger partial charge in [-0.05, 0) is 30.2 Å². The maximum Gasteiger partial charge on any atom is 0.306 e. The molecule has 1 aromatic rings. The third-order valence-electron chi connectivity index (χ3n) is 2.30.